The van der Waals surface area contributed by atoms with Gasteiger partial charge in [0.05, 0.1) is 17.5 Å². The van der Waals surface area contributed by atoms with E-state index in [1.807, 2.05) is 13.8 Å². The Kier molecular flexibility index (Phi) is 5.32. The molecular weight excluding hydrogens is 280 g/mol. The number of ether oxygens (including phenoxy) is 1. The molecule has 0 saturated carbocycles. The van der Waals surface area contributed by atoms with Crippen molar-refractivity contribution < 1.29 is 19.4 Å². The molecule has 7 heteroatoms. The maximum absolute atomic E-state index is 12.2. The molecule has 0 spiro atoms. The van der Waals surface area contributed by atoms with Gasteiger partial charge in [0.25, 0.3) is 0 Å². The molecular formula is C13H24N2O4S. The topological polar surface area (TPSA) is 78.9 Å². The monoisotopic (exact) mass is 304 g/mol. The summed E-state index contributed by atoms with van der Waals surface area (Å²) in [5.74, 6) is 0.478. The Morgan fingerprint density at radius 1 is 1.45 bits per heavy atom. The lowest BCUT2D eigenvalue weighted by atomic mass is 10.2. The second-order valence-electron chi connectivity index (χ2n) is 6.21. The number of thioether (sulfide) groups is 1. The lowest BCUT2D eigenvalue weighted by Gasteiger charge is -2.34. The molecule has 6 nitrogen and oxygen atoms in total. The summed E-state index contributed by atoms with van der Waals surface area (Å²) in [4.78, 5) is 25.0. The molecule has 1 atom stereocenters. The van der Waals surface area contributed by atoms with Gasteiger partial charge in [-0.2, -0.15) is 0 Å². The standard InChI is InChI=1S/C13H24N2O4S/c1-12(2,3)19-11(18)14-6-10(17)15-9(7-16)8-20-13(15,4)5/h9,16H,6-8H2,1-5H3,(H,14,18)/t9-/m1/s1. The number of aliphatic hydroxyl groups is 1. The van der Waals surface area contributed by atoms with Crippen LogP contribution >= 0.6 is 11.8 Å². The van der Waals surface area contributed by atoms with Gasteiger partial charge in [-0.15, -0.1) is 11.8 Å². The molecule has 1 rings (SSSR count). The van der Waals surface area contributed by atoms with Crippen LogP contribution in [-0.2, 0) is 9.53 Å². The van der Waals surface area contributed by atoms with Gasteiger partial charge in [0.1, 0.15) is 12.1 Å². The summed E-state index contributed by atoms with van der Waals surface area (Å²) in [6, 6.07) is -0.206. The number of nitrogens with one attached hydrogen (secondary N) is 1. The van der Waals surface area contributed by atoms with Crippen molar-refractivity contribution in [1.29, 1.82) is 0 Å². The molecule has 0 unspecified atom stereocenters. The summed E-state index contributed by atoms with van der Waals surface area (Å²) >= 11 is 1.61. The first-order chi connectivity index (χ1) is 9.07. The molecule has 1 aliphatic rings. The van der Waals surface area contributed by atoms with E-state index in [1.165, 1.54) is 0 Å². The highest BCUT2D eigenvalue weighted by Gasteiger charge is 2.42. The van der Waals surface area contributed by atoms with E-state index in [9.17, 15) is 14.7 Å². The van der Waals surface area contributed by atoms with Gasteiger partial charge in [0.15, 0.2) is 0 Å². The number of hydrogen-bond donors (Lipinski definition) is 2. The second-order valence-corrected chi connectivity index (χ2v) is 7.83. The number of nitrogens with zero attached hydrogens (tertiary/aromatic N) is 1. The van der Waals surface area contributed by atoms with Crippen molar-refractivity contribution in [2.75, 3.05) is 18.9 Å². The molecule has 1 fully saturated rings. The first-order valence-corrected chi connectivity index (χ1v) is 7.59. The molecule has 0 aliphatic carbocycles. The van der Waals surface area contributed by atoms with Crippen molar-refractivity contribution in [2.24, 2.45) is 0 Å². The predicted molar refractivity (Wildman–Crippen MR) is 78.5 cm³/mol. The van der Waals surface area contributed by atoms with Crippen molar-refractivity contribution in [3.63, 3.8) is 0 Å². The highest BCUT2D eigenvalue weighted by molar-refractivity contribution is 8.00. The van der Waals surface area contributed by atoms with Gasteiger partial charge in [-0.05, 0) is 34.6 Å². The molecule has 0 bridgehead atoms. The van der Waals surface area contributed by atoms with Crippen molar-refractivity contribution in [2.45, 2.75) is 51.1 Å². The normalized spacial score (nSPS) is 21.7. The van der Waals surface area contributed by atoms with Crippen molar-refractivity contribution >= 4 is 23.8 Å². The summed E-state index contributed by atoms with van der Waals surface area (Å²) < 4.78 is 5.08. The van der Waals surface area contributed by atoms with Crippen LogP contribution in [0.4, 0.5) is 4.79 Å². The molecule has 20 heavy (non-hydrogen) atoms. The molecule has 0 aromatic heterocycles. The molecule has 1 saturated heterocycles. The number of carbonyl (C=O) groups excluding carboxylic acids is 2. The zero-order valence-corrected chi connectivity index (χ0v) is 13.5. The fraction of sp³-hybridized carbons (Fsp3) is 0.846. The van der Waals surface area contributed by atoms with Gasteiger partial charge in [-0.25, -0.2) is 4.79 Å². The lowest BCUT2D eigenvalue weighted by molar-refractivity contribution is -0.135. The smallest absolute Gasteiger partial charge is 0.408 e. The number of alkyl carbamates (subject to hydrolysis) is 1. The van der Waals surface area contributed by atoms with Crippen molar-refractivity contribution in [3.8, 4) is 0 Å². The van der Waals surface area contributed by atoms with Crippen LogP contribution < -0.4 is 5.32 Å². The molecule has 1 aliphatic heterocycles. The Hall–Kier alpha value is -0.950. The van der Waals surface area contributed by atoms with E-state index in [1.54, 1.807) is 37.4 Å². The summed E-state index contributed by atoms with van der Waals surface area (Å²) in [7, 11) is 0. The number of aliphatic hydroxyl groups excluding tert-OH is 1. The van der Waals surface area contributed by atoms with Crippen molar-refractivity contribution in [3.05, 3.63) is 0 Å². The number of amides is 2. The van der Waals surface area contributed by atoms with Gasteiger partial charge in [0.2, 0.25) is 5.91 Å². The Bertz CT molecular complexity index is 379. The minimum absolute atomic E-state index is 0.0748. The fourth-order valence-electron chi connectivity index (χ4n) is 2.07. The van der Waals surface area contributed by atoms with Crippen molar-refractivity contribution in [1.82, 2.24) is 10.2 Å². The summed E-state index contributed by atoms with van der Waals surface area (Å²) in [6.45, 7) is 8.94. The van der Waals surface area contributed by atoms with E-state index < -0.39 is 11.7 Å². The van der Waals surface area contributed by atoms with E-state index in [2.05, 4.69) is 5.32 Å². The molecule has 0 aromatic carbocycles. The quantitative estimate of drug-likeness (QED) is 0.818. The summed E-state index contributed by atoms with van der Waals surface area (Å²) in [5.41, 5.74) is -0.594. The minimum atomic E-state index is -0.615. The van der Waals surface area contributed by atoms with Gasteiger partial charge in [0, 0.05) is 5.75 Å². The van der Waals surface area contributed by atoms with E-state index in [0.717, 1.165) is 0 Å². The Morgan fingerprint density at radius 3 is 2.55 bits per heavy atom. The zero-order valence-electron chi connectivity index (χ0n) is 12.7. The Labute approximate surface area is 124 Å². The third-order valence-electron chi connectivity index (χ3n) is 2.84. The van der Waals surface area contributed by atoms with Crippen LogP contribution in [0.3, 0.4) is 0 Å². The highest BCUT2D eigenvalue weighted by atomic mass is 32.2. The average molecular weight is 304 g/mol. The average Bonchev–Trinajstić information content (AvgIpc) is 2.59. The number of hydrogen-bond acceptors (Lipinski definition) is 5. The first kappa shape index (κ1) is 17.1. The largest absolute Gasteiger partial charge is 0.444 e. The Morgan fingerprint density at radius 2 is 2.05 bits per heavy atom. The lowest BCUT2D eigenvalue weighted by Crippen LogP contribution is -2.51. The van der Waals surface area contributed by atoms with E-state index in [-0.39, 0.29) is 30.0 Å². The maximum Gasteiger partial charge on any atom is 0.408 e. The third-order valence-corrected chi connectivity index (χ3v) is 4.29. The van der Waals surface area contributed by atoms with Crippen LogP contribution in [0.2, 0.25) is 0 Å². The first-order valence-electron chi connectivity index (χ1n) is 6.60. The summed E-state index contributed by atoms with van der Waals surface area (Å²) in [5, 5.41) is 11.8. The molecule has 1 heterocycles. The fourth-order valence-corrected chi connectivity index (χ4v) is 3.31. The van der Waals surface area contributed by atoms with Crippen LogP contribution in [-0.4, -0.2) is 57.4 Å². The van der Waals surface area contributed by atoms with Crippen LogP contribution in [0.15, 0.2) is 0 Å². The molecule has 2 amide bonds. The van der Waals surface area contributed by atoms with Gasteiger partial charge < -0.3 is 20.1 Å². The molecule has 116 valence electrons. The zero-order chi connectivity index (χ0) is 15.6. The molecule has 2 N–H and O–H groups in total. The highest BCUT2D eigenvalue weighted by Crippen LogP contribution is 2.38. The maximum atomic E-state index is 12.2. The summed E-state index contributed by atoms with van der Waals surface area (Å²) in [6.07, 6.45) is -0.615. The second kappa shape index (κ2) is 6.22. The number of carbonyl (C=O) groups is 2. The SMILES string of the molecule is CC(C)(C)OC(=O)NCC(=O)N1[C@H](CO)CSC1(C)C. The molecule has 0 radical (unpaired) electrons. The van der Waals surface area contributed by atoms with Gasteiger partial charge in [-0.1, -0.05) is 0 Å². The van der Waals surface area contributed by atoms with Gasteiger partial charge >= 0.3 is 6.09 Å². The van der Waals surface area contributed by atoms with Crippen LogP contribution in [0, 0.1) is 0 Å². The third kappa shape index (κ3) is 4.56. The van der Waals surface area contributed by atoms with E-state index >= 15 is 0 Å². The van der Waals surface area contributed by atoms with Gasteiger partial charge in [-0.3, -0.25) is 4.79 Å². The van der Waals surface area contributed by atoms with Crippen LogP contribution in [0.25, 0.3) is 0 Å². The predicted octanol–water partition coefficient (Wildman–Crippen LogP) is 1.18. The molecule has 0 aromatic rings. The van der Waals surface area contributed by atoms with Crippen LogP contribution in [0.5, 0.6) is 0 Å². The van der Waals surface area contributed by atoms with Crippen LogP contribution in [0.1, 0.15) is 34.6 Å². The minimum Gasteiger partial charge on any atom is -0.444 e. The Balaban J connectivity index is 2.56. The van der Waals surface area contributed by atoms with E-state index in [4.69, 9.17) is 4.74 Å². The number of rotatable bonds is 3. The van der Waals surface area contributed by atoms with E-state index in [0.29, 0.717) is 5.75 Å².